The van der Waals surface area contributed by atoms with Crippen molar-refractivity contribution < 1.29 is 22.4 Å². The SMILES string of the molecule is COc1cccc(CNC(=O)[C@H](CC(C)C)NS(=O)(=O)c2ccc3c(c2)oc(=O)n3C)c1. The number of ether oxygens (including phenoxy) is 1. The van der Waals surface area contributed by atoms with Crippen molar-refractivity contribution in [2.24, 2.45) is 13.0 Å². The lowest BCUT2D eigenvalue weighted by molar-refractivity contribution is -0.123. The van der Waals surface area contributed by atoms with Crippen LogP contribution in [0.15, 0.2) is 56.6 Å². The van der Waals surface area contributed by atoms with Crippen LogP contribution < -0.4 is 20.5 Å². The molecule has 0 aliphatic rings. The number of carbonyl (C=O) groups excluding carboxylic acids is 1. The van der Waals surface area contributed by atoms with Gasteiger partial charge in [-0.2, -0.15) is 4.72 Å². The van der Waals surface area contributed by atoms with Gasteiger partial charge in [-0.15, -0.1) is 0 Å². The summed E-state index contributed by atoms with van der Waals surface area (Å²) in [5.41, 5.74) is 1.46. The molecule has 3 rings (SSSR count). The van der Waals surface area contributed by atoms with Crippen LogP contribution in [0.2, 0.25) is 0 Å². The Kier molecular flexibility index (Phi) is 7.05. The number of rotatable bonds is 9. The van der Waals surface area contributed by atoms with E-state index in [1.54, 1.807) is 19.2 Å². The first kappa shape index (κ1) is 23.6. The number of oxazole rings is 1. The van der Waals surface area contributed by atoms with Crippen molar-refractivity contribution in [1.82, 2.24) is 14.6 Å². The number of aromatic nitrogens is 1. The van der Waals surface area contributed by atoms with Crippen LogP contribution >= 0.6 is 0 Å². The van der Waals surface area contributed by atoms with E-state index in [9.17, 15) is 18.0 Å². The zero-order chi connectivity index (χ0) is 23.5. The third-order valence-electron chi connectivity index (χ3n) is 5.00. The summed E-state index contributed by atoms with van der Waals surface area (Å²) in [5, 5.41) is 2.79. The summed E-state index contributed by atoms with van der Waals surface area (Å²) in [6, 6.07) is 10.4. The molecule has 1 amide bonds. The Hall–Kier alpha value is -3.11. The Morgan fingerprint density at radius 2 is 1.94 bits per heavy atom. The van der Waals surface area contributed by atoms with Crippen molar-refractivity contribution in [3.05, 3.63) is 58.6 Å². The van der Waals surface area contributed by atoms with Gasteiger partial charge < -0.3 is 14.5 Å². The van der Waals surface area contributed by atoms with E-state index < -0.39 is 27.7 Å². The van der Waals surface area contributed by atoms with Crippen LogP contribution in [-0.4, -0.2) is 32.0 Å². The highest BCUT2D eigenvalue weighted by atomic mass is 32.2. The number of sulfonamides is 1. The van der Waals surface area contributed by atoms with Gasteiger partial charge in [0, 0.05) is 19.7 Å². The third-order valence-corrected chi connectivity index (χ3v) is 6.47. The Bertz CT molecular complexity index is 1280. The van der Waals surface area contributed by atoms with Gasteiger partial charge in [0.05, 0.1) is 17.5 Å². The molecule has 9 nitrogen and oxygen atoms in total. The Morgan fingerprint density at radius 1 is 1.19 bits per heavy atom. The first-order valence-electron chi connectivity index (χ1n) is 10.1. The molecule has 3 aromatic rings. The van der Waals surface area contributed by atoms with E-state index in [-0.39, 0.29) is 22.9 Å². The Morgan fingerprint density at radius 3 is 2.62 bits per heavy atom. The van der Waals surface area contributed by atoms with Crippen LogP contribution in [0, 0.1) is 5.92 Å². The molecule has 32 heavy (non-hydrogen) atoms. The van der Waals surface area contributed by atoms with Crippen LogP contribution in [0.1, 0.15) is 25.8 Å². The molecule has 0 saturated carbocycles. The van der Waals surface area contributed by atoms with Gasteiger partial charge >= 0.3 is 5.76 Å². The second-order valence-electron chi connectivity index (χ2n) is 7.93. The third kappa shape index (κ3) is 5.38. The molecule has 0 aliphatic heterocycles. The second kappa shape index (κ2) is 9.58. The van der Waals surface area contributed by atoms with E-state index in [0.29, 0.717) is 17.7 Å². The molecule has 0 aliphatic carbocycles. The van der Waals surface area contributed by atoms with Crippen molar-refractivity contribution in [2.75, 3.05) is 7.11 Å². The average Bonchev–Trinajstić information content (AvgIpc) is 3.04. The van der Waals surface area contributed by atoms with Crippen molar-refractivity contribution >= 4 is 27.0 Å². The molecule has 0 fully saturated rings. The molecule has 2 aromatic carbocycles. The monoisotopic (exact) mass is 461 g/mol. The van der Waals surface area contributed by atoms with E-state index in [1.807, 2.05) is 26.0 Å². The summed E-state index contributed by atoms with van der Waals surface area (Å²) in [6.45, 7) is 4.04. The molecular formula is C22H27N3O6S. The minimum Gasteiger partial charge on any atom is -0.497 e. The molecule has 1 atom stereocenters. The van der Waals surface area contributed by atoms with Crippen molar-refractivity contribution in [3.63, 3.8) is 0 Å². The zero-order valence-corrected chi connectivity index (χ0v) is 19.2. The Labute approximate surface area is 186 Å². The number of aryl methyl sites for hydroxylation is 1. The largest absolute Gasteiger partial charge is 0.497 e. The van der Waals surface area contributed by atoms with Crippen molar-refractivity contribution in [3.8, 4) is 5.75 Å². The summed E-state index contributed by atoms with van der Waals surface area (Å²) >= 11 is 0. The van der Waals surface area contributed by atoms with E-state index in [1.165, 1.54) is 29.8 Å². The van der Waals surface area contributed by atoms with Gasteiger partial charge in [-0.25, -0.2) is 13.2 Å². The van der Waals surface area contributed by atoms with Gasteiger partial charge in [0.15, 0.2) is 5.58 Å². The number of benzene rings is 2. The van der Waals surface area contributed by atoms with E-state index >= 15 is 0 Å². The molecule has 1 heterocycles. The predicted octanol–water partition coefficient (Wildman–Crippen LogP) is 2.15. The molecule has 0 saturated heterocycles. The fraction of sp³-hybridized carbons (Fsp3) is 0.364. The summed E-state index contributed by atoms with van der Waals surface area (Å²) in [6.07, 6.45) is 0.311. The summed E-state index contributed by atoms with van der Waals surface area (Å²) in [7, 11) is -0.949. The highest BCUT2D eigenvalue weighted by Crippen LogP contribution is 2.19. The number of hydrogen-bond acceptors (Lipinski definition) is 6. The molecule has 0 spiro atoms. The average molecular weight is 462 g/mol. The van der Waals surface area contributed by atoms with Crippen molar-refractivity contribution in [2.45, 2.75) is 37.8 Å². The minimum absolute atomic E-state index is 0.0693. The molecular weight excluding hydrogens is 434 g/mol. The molecule has 0 radical (unpaired) electrons. The molecule has 10 heteroatoms. The van der Waals surface area contributed by atoms with E-state index in [0.717, 1.165) is 5.56 Å². The first-order valence-corrected chi connectivity index (χ1v) is 11.6. The number of nitrogens with one attached hydrogen (secondary N) is 2. The number of methoxy groups -OCH3 is 1. The Balaban J connectivity index is 1.78. The predicted molar refractivity (Wildman–Crippen MR) is 120 cm³/mol. The lowest BCUT2D eigenvalue weighted by Gasteiger charge is -2.20. The smallest absolute Gasteiger partial charge is 0.419 e. The highest BCUT2D eigenvalue weighted by molar-refractivity contribution is 7.89. The number of carbonyl (C=O) groups is 1. The fourth-order valence-electron chi connectivity index (χ4n) is 3.31. The summed E-state index contributed by atoms with van der Waals surface area (Å²) < 4.78 is 40.0. The van der Waals surface area contributed by atoms with Crippen molar-refractivity contribution in [1.29, 1.82) is 0 Å². The van der Waals surface area contributed by atoms with Crippen LogP contribution in [0.25, 0.3) is 11.1 Å². The minimum atomic E-state index is -4.04. The maximum absolute atomic E-state index is 13.0. The first-order chi connectivity index (χ1) is 15.1. The lowest BCUT2D eigenvalue weighted by atomic mass is 10.0. The van der Waals surface area contributed by atoms with Crippen LogP contribution in [0.4, 0.5) is 0 Å². The second-order valence-corrected chi connectivity index (χ2v) is 9.64. The highest BCUT2D eigenvalue weighted by Gasteiger charge is 2.27. The fourth-order valence-corrected chi connectivity index (χ4v) is 4.53. The number of fused-ring (bicyclic) bond motifs is 1. The number of hydrogen-bond donors (Lipinski definition) is 2. The summed E-state index contributed by atoms with van der Waals surface area (Å²) in [5.74, 6) is -0.284. The lowest BCUT2D eigenvalue weighted by Crippen LogP contribution is -2.47. The summed E-state index contributed by atoms with van der Waals surface area (Å²) in [4.78, 5) is 24.4. The molecule has 172 valence electrons. The normalized spacial score (nSPS) is 12.8. The molecule has 2 N–H and O–H groups in total. The van der Waals surface area contributed by atoms with Crippen LogP contribution in [-0.2, 0) is 28.4 Å². The van der Waals surface area contributed by atoms with Gasteiger partial charge in [-0.3, -0.25) is 9.36 Å². The van der Waals surface area contributed by atoms with Gasteiger partial charge in [-0.1, -0.05) is 26.0 Å². The topological polar surface area (TPSA) is 120 Å². The molecule has 1 aromatic heterocycles. The van der Waals surface area contributed by atoms with Gasteiger partial charge in [0.1, 0.15) is 11.8 Å². The van der Waals surface area contributed by atoms with E-state index in [4.69, 9.17) is 9.15 Å². The number of nitrogens with zero attached hydrogens (tertiary/aromatic N) is 1. The van der Waals surface area contributed by atoms with Gasteiger partial charge in [0.2, 0.25) is 15.9 Å². The quantitative estimate of drug-likeness (QED) is 0.504. The standard InChI is InChI=1S/C22H27N3O6S/c1-14(2)10-18(21(26)23-13-15-6-5-7-16(11-15)30-4)24-32(28,29)17-8-9-19-20(12-17)31-22(27)25(19)3/h5-9,11-12,14,18,24H,10,13H2,1-4H3,(H,23,26)/t18-/m0/s1. The molecule has 0 unspecified atom stereocenters. The van der Waals surface area contributed by atoms with Crippen LogP contribution in [0.3, 0.4) is 0 Å². The van der Waals surface area contributed by atoms with Gasteiger partial charge in [0.25, 0.3) is 0 Å². The maximum Gasteiger partial charge on any atom is 0.419 e. The number of amides is 1. The van der Waals surface area contributed by atoms with Crippen LogP contribution in [0.5, 0.6) is 5.75 Å². The molecule has 0 bridgehead atoms. The zero-order valence-electron chi connectivity index (χ0n) is 18.4. The van der Waals surface area contributed by atoms with Gasteiger partial charge in [-0.05, 0) is 42.2 Å². The van der Waals surface area contributed by atoms with E-state index in [2.05, 4.69) is 10.0 Å². The maximum atomic E-state index is 13.0.